The monoisotopic (exact) mass is 92.0 g/mol. The smallest absolute Gasteiger partial charge is 0.106 e. The van der Waals surface area contributed by atoms with Crippen LogP contribution in [0, 0.1) is 0 Å². The van der Waals surface area contributed by atoms with E-state index in [9.17, 15) is 0 Å². The molecule has 0 aliphatic carbocycles. The predicted molar refractivity (Wildman–Crippen MR) is 22.4 cm³/mol. The second-order valence-corrected chi connectivity index (χ2v) is 0. The average Bonchev–Trinajstić information content (AvgIpc) is 1.81. The SMILES string of the molecule is C=O.C=O.CO. The standard InChI is InChI=1S/CH4O.2CH2O/c3*1-2/h2H,1H3;2*1H2. The van der Waals surface area contributed by atoms with Gasteiger partial charge in [0.1, 0.15) is 13.6 Å². The molecule has 0 aromatic carbocycles. The molecule has 0 amide bonds. The average molecular weight is 92.1 g/mol. The van der Waals surface area contributed by atoms with Crippen molar-refractivity contribution < 1.29 is 14.7 Å². The maximum absolute atomic E-state index is 8.00. The lowest BCUT2D eigenvalue weighted by atomic mass is 11.8. The zero-order valence-corrected chi connectivity index (χ0v) is 3.68. The Bertz CT molecular complexity index is 8.00. The van der Waals surface area contributed by atoms with E-state index in [2.05, 4.69) is 0 Å². The predicted octanol–water partition coefficient (Wildman–Crippen LogP) is -0.761. The summed E-state index contributed by atoms with van der Waals surface area (Å²) in [5, 5.41) is 7.00. The van der Waals surface area contributed by atoms with Gasteiger partial charge < -0.3 is 14.7 Å². The Hall–Kier alpha value is -0.700. The molecule has 0 radical (unpaired) electrons. The molecular weight excluding hydrogens is 84.0 g/mol. The molecule has 38 valence electrons. The van der Waals surface area contributed by atoms with E-state index in [-0.39, 0.29) is 0 Å². The minimum atomic E-state index is 1.00. The molecule has 0 bridgehead atoms. The Kier molecular flexibility index (Phi) is 295. The summed E-state index contributed by atoms with van der Waals surface area (Å²) in [7, 11) is 1.00. The molecular formula is C3H8O3. The molecule has 6 heavy (non-hydrogen) atoms. The van der Waals surface area contributed by atoms with Gasteiger partial charge in [0.25, 0.3) is 0 Å². The van der Waals surface area contributed by atoms with Crippen molar-refractivity contribution in [2.45, 2.75) is 0 Å². The van der Waals surface area contributed by atoms with Gasteiger partial charge in [-0.15, -0.1) is 0 Å². The number of carbonyl (C=O) groups is 2. The van der Waals surface area contributed by atoms with Crippen LogP contribution >= 0.6 is 0 Å². The molecule has 0 rings (SSSR count). The van der Waals surface area contributed by atoms with Gasteiger partial charge in [0, 0.05) is 7.11 Å². The highest BCUT2D eigenvalue weighted by Crippen LogP contribution is 0.755. The molecule has 0 heterocycles. The van der Waals surface area contributed by atoms with E-state index < -0.39 is 0 Å². The summed E-state index contributed by atoms with van der Waals surface area (Å²) >= 11 is 0. The third-order valence-electron chi connectivity index (χ3n) is 0. The largest absolute Gasteiger partial charge is 0.400 e. The van der Waals surface area contributed by atoms with Gasteiger partial charge in [-0.05, 0) is 0 Å². The lowest BCUT2D eigenvalue weighted by Crippen LogP contribution is -1.25. The molecule has 0 spiro atoms. The second-order valence-electron chi connectivity index (χ2n) is 0. The van der Waals surface area contributed by atoms with Crippen molar-refractivity contribution in [3.8, 4) is 0 Å². The first-order valence-electron chi connectivity index (χ1n) is 1.02. The van der Waals surface area contributed by atoms with Gasteiger partial charge in [-0.1, -0.05) is 0 Å². The van der Waals surface area contributed by atoms with Crippen LogP contribution in [0.15, 0.2) is 0 Å². The Morgan fingerprint density at radius 3 is 1.00 bits per heavy atom. The first kappa shape index (κ1) is 18.5. The summed E-state index contributed by atoms with van der Waals surface area (Å²) in [4.78, 5) is 16.0. The molecule has 0 fully saturated rings. The highest BCUT2D eigenvalue weighted by atomic mass is 16.2. The Morgan fingerprint density at radius 2 is 1.00 bits per heavy atom. The number of rotatable bonds is 0. The van der Waals surface area contributed by atoms with Gasteiger partial charge in [-0.2, -0.15) is 0 Å². The molecule has 0 saturated carbocycles. The Morgan fingerprint density at radius 1 is 1.00 bits per heavy atom. The van der Waals surface area contributed by atoms with Crippen molar-refractivity contribution in [1.29, 1.82) is 0 Å². The minimum absolute atomic E-state index is 1.00. The molecule has 1 N–H and O–H groups in total. The number of aliphatic hydroxyl groups is 1. The zero-order valence-electron chi connectivity index (χ0n) is 3.68. The number of aliphatic hydroxyl groups excluding tert-OH is 1. The van der Waals surface area contributed by atoms with Crippen molar-refractivity contribution >= 4 is 13.6 Å². The highest BCUT2D eigenvalue weighted by molar-refractivity contribution is 5.11. The first-order chi connectivity index (χ1) is 3.00. The summed E-state index contributed by atoms with van der Waals surface area (Å²) in [5.74, 6) is 0. The van der Waals surface area contributed by atoms with E-state index in [0.29, 0.717) is 0 Å². The summed E-state index contributed by atoms with van der Waals surface area (Å²) in [6.07, 6.45) is 0. The van der Waals surface area contributed by atoms with E-state index >= 15 is 0 Å². The summed E-state index contributed by atoms with van der Waals surface area (Å²) in [5.41, 5.74) is 0. The lowest BCUT2D eigenvalue weighted by Gasteiger charge is -1.21. The molecule has 0 atom stereocenters. The molecule has 0 aliphatic heterocycles. The number of hydrogen-bond acceptors (Lipinski definition) is 3. The Balaban J connectivity index is -0.0000000225. The maximum atomic E-state index is 8.00. The molecule has 0 aliphatic rings. The summed E-state index contributed by atoms with van der Waals surface area (Å²) in [6, 6.07) is 0. The van der Waals surface area contributed by atoms with E-state index in [4.69, 9.17) is 14.7 Å². The van der Waals surface area contributed by atoms with Crippen LogP contribution in [0.25, 0.3) is 0 Å². The van der Waals surface area contributed by atoms with Gasteiger partial charge in [-0.25, -0.2) is 0 Å². The van der Waals surface area contributed by atoms with Crippen LogP contribution in [0.5, 0.6) is 0 Å². The van der Waals surface area contributed by atoms with Crippen LogP contribution in [-0.4, -0.2) is 25.8 Å². The third-order valence-corrected chi connectivity index (χ3v) is 0. The van der Waals surface area contributed by atoms with Crippen LogP contribution in [0.4, 0.5) is 0 Å². The fraction of sp³-hybridized carbons (Fsp3) is 0.333. The summed E-state index contributed by atoms with van der Waals surface area (Å²) < 4.78 is 0. The normalized spacial score (nSPS) is 2.33. The first-order valence-corrected chi connectivity index (χ1v) is 1.02. The van der Waals surface area contributed by atoms with E-state index in [1.54, 1.807) is 0 Å². The minimum Gasteiger partial charge on any atom is -0.400 e. The van der Waals surface area contributed by atoms with Crippen LogP contribution in [-0.2, 0) is 9.59 Å². The van der Waals surface area contributed by atoms with Gasteiger partial charge >= 0.3 is 0 Å². The van der Waals surface area contributed by atoms with Crippen molar-refractivity contribution in [3.63, 3.8) is 0 Å². The molecule has 0 aromatic rings. The van der Waals surface area contributed by atoms with Crippen LogP contribution < -0.4 is 0 Å². The zero-order chi connectivity index (χ0) is 6.00. The molecule has 3 heteroatoms. The molecule has 0 unspecified atom stereocenters. The maximum Gasteiger partial charge on any atom is 0.106 e. The Labute approximate surface area is 36.6 Å². The fourth-order valence-electron chi connectivity index (χ4n) is 0. The van der Waals surface area contributed by atoms with Gasteiger partial charge in [0.15, 0.2) is 0 Å². The van der Waals surface area contributed by atoms with Crippen LogP contribution in [0.3, 0.4) is 0 Å². The van der Waals surface area contributed by atoms with Gasteiger partial charge in [-0.3, -0.25) is 0 Å². The third kappa shape index (κ3) is 35.6. The van der Waals surface area contributed by atoms with Crippen LogP contribution in [0.1, 0.15) is 0 Å². The second kappa shape index (κ2) is 95.6. The molecule has 3 nitrogen and oxygen atoms in total. The van der Waals surface area contributed by atoms with Crippen molar-refractivity contribution in [2.24, 2.45) is 0 Å². The van der Waals surface area contributed by atoms with Crippen molar-refractivity contribution in [3.05, 3.63) is 0 Å². The number of carbonyl (C=O) groups excluding carboxylic acids is 2. The lowest BCUT2D eigenvalue weighted by molar-refractivity contribution is -0.0987. The van der Waals surface area contributed by atoms with Gasteiger partial charge in [0.05, 0.1) is 0 Å². The van der Waals surface area contributed by atoms with Crippen molar-refractivity contribution in [2.75, 3.05) is 7.11 Å². The van der Waals surface area contributed by atoms with E-state index in [0.717, 1.165) is 7.11 Å². The number of hydrogen-bond donors (Lipinski definition) is 1. The van der Waals surface area contributed by atoms with Crippen molar-refractivity contribution in [1.82, 2.24) is 0 Å². The highest BCUT2D eigenvalue weighted by Gasteiger charge is 0.839. The summed E-state index contributed by atoms with van der Waals surface area (Å²) in [6.45, 7) is 4.00. The molecule has 0 saturated heterocycles. The van der Waals surface area contributed by atoms with E-state index in [1.165, 1.54) is 0 Å². The van der Waals surface area contributed by atoms with Crippen LogP contribution in [0.2, 0.25) is 0 Å². The fourth-order valence-corrected chi connectivity index (χ4v) is 0. The van der Waals surface area contributed by atoms with Gasteiger partial charge in [0.2, 0.25) is 0 Å². The molecule has 0 aromatic heterocycles. The quantitative estimate of drug-likeness (QED) is 0.427. The topological polar surface area (TPSA) is 54.4 Å². The van der Waals surface area contributed by atoms with E-state index in [1.807, 2.05) is 13.6 Å².